The number of benzene rings is 1. The van der Waals surface area contributed by atoms with E-state index in [0.29, 0.717) is 13.2 Å². The van der Waals surface area contributed by atoms with E-state index in [-0.39, 0.29) is 17.9 Å². The number of amides is 1. The Labute approximate surface area is 115 Å². The average Bonchev–Trinajstić information content (AvgIpc) is 2.49. The second kappa shape index (κ2) is 6.71. The van der Waals surface area contributed by atoms with Crippen molar-refractivity contribution in [3.8, 4) is 0 Å². The summed E-state index contributed by atoms with van der Waals surface area (Å²) in [6.07, 6.45) is 1.86. The van der Waals surface area contributed by atoms with Crippen LogP contribution in [0.3, 0.4) is 0 Å². The monoisotopic (exact) mass is 261 g/mol. The number of hydrogen-bond acceptors (Lipinski definition) is 2. The van der Waals surface area contributed by atoms with Gasteiger partial charge in [0.05, 0.1) is 13.2 Å². The van der Waals surface area contributed by atoms with Gasteiger partial charge in [-0.3, -0.25) is 4.79 Å². The highest BCUT2D eigenvalue weighted by Gasteiger charge is 2.28. The molecule has 0 aromatic heterocycles. The molecule has 3 heteroatoms. The molecule has 104 valence electrons. The second-order valence-corrected chi connectivity index (χ2v) is 5.07. The van der Waals surface area contributed by atoms with Crippen molar-refractivity contribution in [2.24, 2.45) is 5.92 Å². The van der Waals surface area contributed by atoms with E-state index < -0.39 is 0 Å². The largest absolute Gasteiger partial charge is 0.370 e. The smallest absolute Gasteiger partial charge is 0.225 e. The zero-order chi connectivity index (χ0) is 13.7. The van der Waals surface area contributed by atoms with Gasteiger partial charge < -0.3 is 9.64 Å². The van der Waals surface area contributed by atoms with Crippen molar-refractivity contribution < 1.29 is 9.53 Å². The maximum absolute atomic E-state index is 12.4. The van der Waals surface area contributed by atoms with Crippen molar-refractivity contribution in [2.45, 2.75) is 32.8 Å². The van der Waals surface area contributed by atoms with Crippen molar-refractivity contribution in [3.63, 3.8) is 0 Å². The molecule has 0 aliphatic carbocycles. The fraction of sp³-hybridized carbons (Fsp3) is 0.562. The molecule has 1 heterocycles. The summed E-state index contributed by atoms with van der Waals surface area (Å²) in [4.78, 5) is 14.4. The molecule has 1 atom stereocenters. The highest BCUT2D eigenvalue weighted by Crippen LogP contribution is 2.24. The number of morpholine rings is 1. The quantitative estimate of drug-likeness (QED) is 0.833. The third-order valence-electron chi connectivity index (χ3n) is 3.88. The lowest BCUT2D eigenvalue weighted by molar-refractivity contribution is -0.143. The fourth-order valence-corrected chi connectivity index (χ4v) is 2.61. The Hall–Kier alpha value is -1.35. The van der Waals surface area contributed by atoms with Gasteiger partial charge in [-0.2, -0.15) is 0 Å². The summed E-state index contributed by atoms with van der Waals surface area (Å²) in [7, 11) is 0. The van der Waals surface area contributed by atoms with Crippen LogP contribution in [-0.2, 0) is 9.53 Å². The fourth-order valence-electron chi connectivity index (χ4n) is 2.61. The Morgan fingerprint density at radius 2 is 2.00 bits per heavy atom. The molecular formula is C16H23NO2. The van der Waals surface area contributed by atoms with Crippen LogP contribution in [0.4, 0.5) is 0 Å². The van der Waals surface area contributed by atoms with Crippen LogP contribution >= 0.6 is 0 Å². The summed E-state index contributed by atoms with van der Waals surface area (Å²) < 4.78 is 5.80. The SMILES string of the molecule is CCC(CC)C(=O)N1CCOC(c2ccccc2)C1. The molecule has 1 fully saturated rings. The van der Waals surface area contributed by atoms with Crippen LogP contribution in [0.15, 0.2) is 30.3 Å². The van der Waals surface area contributed by atoms with E-state index in [1.807, 2.05) is 23.1 Å². The molecule has 3 nitrogen and oxygen atoms in total. The van der Waals surface area contributed by atoms with Crippen molar-refractivity contribution in [3.05, 3.63) is 35.9 Å². The van der Waals surface area contributed by atoms with Crippen LogP contribution in [0.5, 0.6) is 0 Å². The van der Waals surface area contributed by atoms with Crippen molar-refractivity contribution in [1.29, 1.82) is 0 Å². The molecule has 0 radical (unpaired) electrons. The molecular weight excluding hydrogens is 238 g/mol. The first kappa shape index (κ1) is 14.1. The highest BCUT2D eigenvalue weighted by molar-refractivity contribution is 5.78. The Balaban J connectivity index is 2.03. The molecule has 0 spiro atoms. The number of carbonyl (C=O) groups excluding carboxylic acids is 1. The minimum atomic E-state index is 0.0215. The summed E-state index contributed by atoms with van der Waals surface area (Å²) in [6.45, 7) is 6.20. The van der Waals surface area contributed by atoms with Crippen molar-refractivity contribution in [1.82, 2.24) is 4.90 Å². The first-order valence-corrected chi connectivity index (χ1v) is 7.21. The molecule has 1 aromatic carbocycles. The molecule has 1 aromatic rings. The summed E-state index contributed by atoms with van der Waals surface area (Å²) in [6, 6.07) is 10.2. The van der Waals surface area contributed by atoms with E-state index in [0.717, 1.165) is 24.9 Å². The van der Waals surface area contributed by atoms with E-state index in [1.54, 1.807) is 0 Å². The Morgan fingerprint density at radius 3 is 2.63 bits per heavy atom. The zero-order valence-corrected chi connectivity index (χ0v) is 11.8. The van der Waals surface area contributed by atoms with Crippen LogP contribution in [0.25, 0.3) is 0 Å². The lowest BCUT2D eigenvalue weighted by atomic mass is 10.0. The number of nitrogens with zero attached hydrogens (tertiary/aromatic N) is 1. The molecule has 1 unspecified atom stereocenters. The predicted octanol–water partition coefficient (Wildman–Crippen LogP) is 3.02. The van der Waals surface area contributed by atoms with Gasteiger partial charge in [-0.15, -0.1) is 0 Å². The molecule has 1 aliphatic heterocycles. The molecule has 1 aliphatic rings. The maximum atomic E-state index is 12.4. The van der Waals surface area contributed by atoms with E-state index in [2.05, 4.69) is 26.0 Å². The number of rotatable bonds is 4. The standard InChI is InChI=1S/C16H23NO2/c1-3-13(4-2)16(18)17-10-11-19-15(12-17)14-8-6-5-7-9-14/h5-9,13,15H,3-4,10-12H2,1-2H3. The predicted molar refractivity (Wildman–Crippen MR) is 75.8 cm³/mol. The van der Waals surface area contributed by atoms with Crippen molar-refractivity contribution >= 4 is 5.91 Å². The van der Waals surface area contributed by atoms with Crippen LogP contribution < -0.4 is 0 Å². The molecule has 1 amide bonds. The minimum Gasteiger partial charge on any atom is -0.370 e. The van der Waals surface area contributed by atoms with Crippen LogP contribution in [0.1, 0.15) is 38.4 Å². The third-order valence-corrected chi connectivity index (χ3v) is 3.88. The van der Waals surface area contributed by atoms with E-state index >= 15 is 0 Å². The van der Waals surface area contributed by atoms with E-state index in [9.17, 15) is 4.79 Å². The topological polar surface area (TPSA) is 29.5 Å². The first-order valence-electron chi connectivity index (χ1n) is 7.21. The van der Waals surface area contributed by atoms with Crippen LogP contribution in [0, 0.1) is 5.92 Å². The third kappa shape index (κ3) is 3.35. The highest BCUT2D eigenvalue weighted by atomic mass is 16.5. The molecule has 1 saturated heterocycles. The van der Waals surface area contributed by atoms with Gasteiger partial charge in [0.15, 0.2) is 0 Å². The van der Waals surface area contributed by atoms with Gasteiger partial charge in [0.1, 0.15) is 6.10 Å². The summed E-state index contributed by atoms with van der Waals surface area (Å²) in [5.41, 5.74) is 1.16. The lowest BCUT2D eigenvalue weighted by Crippen LogP contribution is -2.44. The second-order valence-electron chi connectivity index (χ2n) is 5.07. The Bertz CT molecular complexity index is 400. The number of carbonyl (C=O) groups is 1. The van der Waals surface area contributed by atoms with Gasteiger partial charge >= 0.3 is 0 Å². The lowest BCUT2D eigenvalue weighted by Gasteiger charge is -2.35. The molecule has 2 rings (SSSR count). The van der Waals surface area contributed by atoms with E-state index in [4.69, 9.17) is 4.74 Å². The van der Waals surface area contributed by atoms with Crippen LogP contribution in [-0.4, -0.2) is 30.5 Å². The van der Waals surface area contributed by atoms with Gasteiger partial charge in [-0.1, -0.05) is 44.2 Å². The summed E-state index contributed by atoms with van der Waals surface area (Å²) >= 11 is 0. The van der Waals surface area contributed by atoms with Gasteiger partial charge in [0, 0.05) is 12.5 Å². The molecule has 0 saturated carbocycles. The van der Waals surface area contributed by atoms with E-state index in [1.165, 1.54) is 0 Å². The molecule has 19 heavy (non-hydrogen) atoms. The summed E-state index contributed by atoms with van der Waals surface area (Å²) in [5, 5.41) is 0. The molecule has 0 N–H and O–H groups in total. The zero-order valence-electron chi connectivity index (χ0n) is 11.8. The van der Waals surface area contributed by atoms with Gasteiger partial charge in [0.2, 0.25) is 5.91 Å². The van der Waals surface area contributed by atoms with Crippen molar-refractivity contribution in [2.75, 3.05) is 19.7 Å². The number of hydrogen-bond donors (Lipinski definition) is 0. The molecule has 0 bridgehead atoms. The normalized spacial score (nSPS) is 19.7. The Morgan fingerprint density at radius 1 is 1.32 bits per heavy atom. The average molecular weight is 261 g/mol. The number of ether oxygens (including phenoxy) is 1. The summed E-state index contributed by atoms with van der Waals surface area (Å²) in [5.74, 6) is 0.448. The van der Waals surface area contributed by atoms with Gasteiger partial charge in [0.25, 0.3) is 0 Å². The van der Waals surface area contributed by atoms with Gasteiger partial charge in [-0.25, -0.2) is 0 Å². The Kier molecular flexibility index (Phi) is 4.97. The van der Waals surface area contributed by atoms with Gasteiger partial charge in [-0.05, 0) is 18.4 Å². The van der Waals surface area contributed by atoms with Crippen LogP contribution in [0.2, 0.25) is 0 Å². The maximum Gasteiger partial charge on any atom is 0.225 e. The first-order chi connectivity index (χ1) is 9.26. The minimum absolute atomic E-state index is 0.0215.